The summed E-state index contributed by atoms with van der Waals surface area (Å²) in [5, 5.41) is 0. The summed E-state index contributed by atoms with van der Waals surface area (Å²) in [4.78, 5) is 12.4. The topological polar surface area (TPSA) is 72.5 Å². The molecule has 3 aromatic carbocycles. The maximum absolute atomic E-state index is 13.0. The zero-order valence-corrected chi connectivity index (χ0v) is 20.3. The minimum absolute atomic E-state index is 0.131. The molecule has 3 rings (SSSR count). The van der Waals surface area contributed by atoms with Gasteiger partial charge in [-0.25, -0.2) is 13.1 Å². The molecule has 0 aliphatic rings. The van der Waals surface area contributed by atoms with Crippen LogP contribution in [-0.4, -0.2) is 20.9 Å². The van der Waals surface area contributed by atoms with Crippen LogP contribution in [0.15, 0.2) is 71.6 Å². The Balaban J connectivity index is 1.98. The first-order chi connectivity index (χ1) is 16.4. The van der Waals surface area contributed by atoms with Gasteiger partial charge < -0.3 is 4.74 Å². The molecule has 0 aliphatic carbocycles. The van der Waals surface area contributed by atoms with Crippen molar-refractivity contribution in [1.29, 1.82) is 0 Å². The minimum Gasteiger partial charge on any atom is -0.493 e. The molecular formula is C26H26F3NO4S. The van der Waals surface area contributed by atoms with Crippen molar-refractivity contribution in [1.82, 2.24) is 4.72 Å². The lowest BCUT2D eigenvalue weighted by Crippen LogP contribution is -2.31. The summed E-state index contributed by atoms with van der Waals surface area (Å²) in [5.41, 5.74) is 1.24. The van der Waals surface area contributed by atoms with Crippen LogP contribution in [0.25, 0.3) is 11.1 Å². The quantitative estimate of drug-likeness (QED) is 0.402. The van der Waals surface area contributed by atoms with Crippen LogP contribution in [-0.2, 0) is 22.6 Å². The Morgan fingerprint density at radius 2 is 1.71 bits per heavy atom. The number of hydrogen-bond donors (Lipinski definition) is 1. The van der Waals surface area contributed by atoms with E-state index in [0.29, 0.717) is 30.4 Å². The van der Waals surface area contributed by atoms with Gasteiger partial charge in [0, 0.05) is 11.1 Å². The molecule has 5 nitrogen and oxygen atoms in total. The summed E-state index contributed by atoms with van der Waals surface area (Å²) in [5.74, 6) is -0.0865. The monoisotopic (exact) mass is 505 g/mol. The fourth-order valence-corrected chi connectivity index (χ4v) is 4.67. The molecule has 0 bridgehead atoms. The average Bonchev–Trinajstić information content (AvgIpc) is 2.78. The maximum atomic E-state index is 13.0. The zero-order chi connectivity index (χ0) is 25.8. The van der Waals surface area contributed by atoms with Gasteiger partial charge in [-0.15, -0.1) is 0 Å². The van der Waals surface area contributed by atoms with Crippen molar-refractivity contribution in [3.05, 3.63) is 83.4 Å². The summed E-state index contributed by atoms with van der Waals surface area (Å²) < 4.78 is 72.1. The summed E-state index contributed by atoms with van der Waals surface area (Å²) in [6.07, 6.45) is -4.23. The molecule has 0 unspecified atom stereocenters. The second-order valence-corrected chi connectivity index (χ2v) is 10.0. The fraction of sp³-hybridized carbons (Fsp3) is 0.269. The summed E-state index contributed by atoms with van der Waals surface area (Å²) in [7, 11) is -4.53. The summed E-state index contributed by atoms with van der Waals surface area (Å²) in [6, 6.07) is 15.7. The van der Waals surface area contributed by atoms with Gasteiger partial charge in [-0.2, -0.15) is 13.2 Å². The van der Waals surface area contributed by atoms with Crippen LogP contribution in [0.5, 0.6) is 5.75 Å². The molecule has 0 saturated carbocycles. The molecule has 0 saturated heterocycles. The smallest absolute Gasteiger partial charge is 0.416 e. The molecule has 0 heterocycles. The zero-order valence-electron chi connectivity index (χ0n) is 19.5. The van der Waals surface area contributed by atoms with Gasteiger partial charge in [0.25, 0.3) is 15.9 Å². The highest BCUT2D eigenvalue weighted by molar-refractivity contribution is 7.90. The lowest BCUT2D eigenvalue weighted by atomic mass is 9.93. The molecule has 1 N–H and O–H groups in total. The highest BCUT2D eigenvalue weighted by Gasteiger charge is 2.32. The molecule has 0 aromatic heterocycles. The first kappa shape index (κ1) is 26.3. The summed E-state index contributed by atoms with van der Waals surface area (Å²) >= 11 is 0. The van der Waals surface area contributed by atoms with E-state index in [1.807, 2.05) is 55.8 Å². The molecular weight excluding hydrogens is 479 g/mol. The van der Waals surface area contributed by atoms with E-state index in [9.17, 15) is 26.4 Å². The Labute approximate surface area is 203 Å². The van der Waals surface area contributed by atoms with E-state index in [1.54, 1.807) is 6.07 Å². The Kier molecular flexibility index (Phi) is 7.90. The molecule has 0 spiro atoms. The predicted molar refractivity (Wildman–Crippen MR) is 128 cm³/mol. The van der Waals surface area contributed by atoms with Gasteiger partial charge in [0.1, 0.15) is 5.75 Å². The number of rotatable bonds is 8. The Morgan fingerprint density at radius 3 is 2.37 bits per heavy atom. The number of carbonyl (C=O) groups excluding carboxylic acids is 1. The first-order valence-electron chi connectivity index (χ1n) is 11.0. The average molecular weight is 506 g/mol. The first-order valence-corrected chi connectivity index (χ1v) is 12.5. The molecule has 1 amide bonds. The molecule has 9 heteroatoms. The number of ether oxygens (including phenoxy) is 1. The molecule has 0 radical (unpaired) electrons. The Hall–Kier alpha value is -3.33. The highest BCUT2D eigenvalue weighted by Crippen LogP contribution is 2.33. The van der Waals surface area contributed by atoms with Crippen molar-refractivity contribution >= 4 is 15.9 Å². The van der Waals surface area contributed by atoms with E-state index < -0.39 is 32.6 Å². The standard InChI is InChI=1S/C26H26F3NO4S/c1-4-34-24-11-6-5-10-22(24)18-12-13-23(19(15-18)14-17(2)3)25(31)30-35(32,33)21-9-7-8-20(16-21)26(27,28)29/h5-13,15-17H,4,14H2,1-3H3,(H,30,31). The Bertz CT molecular complexity index is 1320. The second-order valence-electron chi connectivity index (χ2n) is 8.36. The largest absolute Gasteiger partial charge is 0.493 e. The van der Waals surface area contributed by atoms with Gasteiger partial charge in [-0.05, 0) is 60.7 Å². The minimum atomic E-state index is -4.71. The molecule has 35 heavy (non-hydrogen) atoms. The van der Waals surface area contributed by atoms with Crippen LogP contribution in [0, 0.1) is 5.92 Å². The number of nitrogens with one attached hydrogen (secondary N) is 1. The van der Waals surface area contributed by atoms with Crippen molar-refractivity contribution in [2.24, 2.45) is 5.92 Å². The van der Waals surface area contributed by atoms with Crippen molar-refractivity contribution in [2.45, 2.75) is 38.3 Å². The lowest BCUT2D eigenvalue weighted by molar-refractivity contribution is -0.137. The molecule has 0 atom stereocenters. The molecule has 0 fully saturated rings. The number of halogens is 3. The Morgan fingerprint density at radius 1 is 1.00 bits per heavy atom. The van der Waals surface area contributed by atoms with Crippen LogP contribution < -0.4 is 9.46 Å². The van der Waals surface area contributed by atoms with Gasteiger partial charge in [-0.3, -0.25) is 4.79 Å². The molecule has 3 aromatic rings. The van der Waals surface area contributed by atoms with E-state index in [-0.39, 0.29) is 11.5 Å². The normalized spacial score (nSPS) is 12.0. The number of benzene rings is 3. The van der Waals surface area contributed by atoms with E-state index >= 15 is 0 Å². The van der Waals surface area contributed by atoms with Gasteiger partial charge >= 0.3 is 6.18 Å². The van der Waals surface area contributed by atoms with Crippen molar-refractivity contribution in [2.75, 3.05) is 6.61 Å². The fourth-order valence-electron chi connectivity index (χ4n) is 3.65. The van der Waals surface area contributed by atoms with Crippen LogP contribution in [0.2, 0.25) is 0 Å². The third-order valence-corrected chi connectivity index (χ3v) is 6.50. The van der Waals surface area contributed by atoms with Crippen LogP contribution >= 0.6 is 0 Å². The third kappa shape index (κ3) is 6.42. The number of sulfonamides is 1. The van der Waals surface area contributed by atoms with Gasteiger partial charge in [-0.1, -0.05) is 50.2 Å². The van der Waals surface area contributed by atoms with Crippen LogP contribution in [0.1, 0.15) is 42.3 Å². The van der Waals surface area contributed by atoms with E-state index in [2.05, 4.69) is 0 Å². The molecule has 186 valence electrons. The van der Waals surface area contributed by atoms with Gasteiger partial charge in [0.05, 0.1) is 17.1 Å². The number of alkyl halides is 3. The highest BCUT2D eigenvalue weighted by atomic mass is 32.2. The SMILES string of the molecule is CCOc1ccccc1-c1ccc(C(=O)NS(=O)(=O)c2cccc(C(F)(F)F)c2)c(CC(C)C)c1. The lowest BCUT2D eigenvalue weighted by Gasteiger charge is -2.16. The number of amides is 1. The van der Waals surface area contributed by atoms with Crippen molar-refractivity contribution in [3.8, 4) is 16.9 Å². The molecule has 0 aliphatic heterocycles. The van der Waals surface area contributed by atoms with Crippen LogP contribution in [0.4, 0.5) is 13.2 Å². The van der Waals surface area contributed by atoms with E-state index in [1.165, 1.54) is 6.07 Å². The van der Waals surface area contributed by atoms with E-state index in [0.717, 1.165) is 29.3 Å². The number of para-hydroxylation sites is 1. The number of carbonyl (C=O) groups is 1. The number of hydrogen-bond acceptors (Lipinski definition) is 4. The van der Waals surface area contributed by atoms with Crippen molar-refractivity contribution < 1.29 is 31.1 Å². The van der Waals surface area contributed by atoms with Gasteiger partial charge in [0.2, 0.25) is 0 Å². The van der Waals surface area contributed by atoms with Gasteiger partial charge in [0.15, 0.2) is 0 Å². The van der Waals surface area contributed by atoms with E-state index in [4.69, 9.17) is 4.74 Å². The summed E-state index contributed by atoms with van der Waals surface area (Å²) in [6.45, 7) is 6.27. The predicted octanol–water partition coefficient (Wildman–Crippen LogP) is 6.09. The maximum Gasteiger partial charge on any atom is 0.416 e. The second kappa shape index (κ2) is 10.5. The van der Waals surface area contributed by atoms with Crippen LogP contribution in [0.3, 0.4) is 0 Å². The third-order valence-electron chi connectivity index (χ3n) is 5.17. The van der Waals surface area contributed by atoms with Crippen molar-refractivity contribution in [3.63, 3.8) is 0 Å².